The number of rotatable bonds is 8. The molecule has 0 aliphatic carbocycles. The van der Waals surface area contributed by atoms with Gasteiger partial charge in [0.25, 0.3) is 0 Å². The van der Waals surface area contributed by atoms with E-state index in [1.807, 2.05) is 11.8 Å². The summed E-state index contributed by atoms with van der Waals surface area (Å²) in [7, 11) is 0. The van der Waals surface area contributed by atoms with Crippen LogP contribution in [0.15, 0.2) is 0 Å². The van der Waals surface area contributed by atoms with Crippen molar-refractivity contribution in [3.8, 4) is 0 Å². The largest absolute Gasteiger partial charge is 0.356 e. The van der Waals surface area contributed by atoms with E-state index in [0.717, 1.165) is 25.8 Å². The van der Waals surface area contributed by atoms with Gasteiger partial charge in [-0.05, 0) is 32.1 Å². The van der Waals surface area contributed by atoms with Gasteiger partial charge in [-0.15, -0.1) is 0 Å². The van der Waals surface area contributed by atoms with E-state index in [9.17, 15) is 4.79 Å². The first-order valence-corrected chi connectivity index (χ1v) is 6.49. The van der Waals surface area contributed by atoms with Crippen molar-refractivity contribution in [2.24, 2.45) is 5.73 Å². The summed E-state index contributed by atoms with van der Waals surface area (Å²) in [6.45, 7) is 3.64. The highest BCUT2D eigenvalue weighted by molar-refractivity contribution is 7.99. The van der Waals surface area contributed by atoms with Crippen molar-refractivity contribution in [2.45, 2.75) is 37.9 Å². The molecular formula is C10H22N2OS. The van der Waals surface area contributed by atoms with Gasteiger partial charge in [-0.1, -0.05) is 6.92 Å². The molecule has 84 valence electrons. The number of thioether (sulfide) groups is 1. The van der Waals surface area contributed by atoms with Crippen LogP contribution < -0.4 is 11.1 Å². The summed E-state index contributed by atoms with van der Waals surface area (Å²) in [4.78, 5) is 11.2. The minimum absolute atomic E-state index is 0.159. The van der Waals surface area contributed by atoms with E-state index in [-0.39, 0.29) is 5.91 Å². The minimum Gasteiger partial charge on any atom is -0.356 e. The molecule has 1 unspecified atom stereocenters. The lowest BCUT2D eigenvalue weighted by Crippen LogP contribution is -2.25. The Morgan fingerprint density at radius 3 is 2.79 bits per heavy atom. The van der Waals surface area contributed by atoms with E-state index in [2.05, 4.69) is 18.5 Å². The molecule has 14 heavy (non-hydrogen) atoms. The van der Waals surface area contributed by atoms with Gasteiger partial charge in [-0.3, -0.25) is 4.79 Å². The molecule has 0 radical (unpaired) electrons. The maximum absolute atomic E-state index is 11.2. The second-order valence-corrected chi connectivity index (χ2v) is 4.71. The highest BCUT2D eigenvalue weighted by atomic mass is 32.2. The highest BCUT2D eigenvalue weighted by Crippen LogP contribution is 2.07. The van der Waals surface area contributed by atoms with Gasteiger partial charge in [0.2, 0.25) is 5.91 Å². The number of hydrogen-bond acceptors (Lipinski definition) is 3. The van der Waals surface area contributed by atoms with E-state index in [1.54, 1.807) is 0 Å². The van der Waals surface area contributed by atoms with E-state index in [4.69, 9.17) is 5.73 Å². The molecule has 0 aromatic rings. The Bertz CT molecular complexity index is 153. The zero-order valence-corrected chi connectivity index (χ0v) is 10.0. The third-order valence-corrected chi connectivity index (χ3v) is 3.17. The summed E-state index contributed by atoms with van der Waals surface area (Å²) in [5.41, 5.74) is 5.34. The summed E-state index contributed by atoms with van der Waals surface area (Å²) in [5, 5.41) is 3.54. The van der Waals surface area contributed by atoms with Crippen molar-refractivity contribution in [2.75, 3.05) is 19.3 Å². The molecule has 0 aliphatic rings. The Labute approximate surface area is 91.2 Å². The highest BCUT2D eigenvalue weighted by Gasteiger charge is 2.02. The monoisotopic (exact) mass is 218 g/mol. The van der Waals surface area contributed by atoms with Crippen LogP contribution in [-0.4, -0.2) is 30.5 Å². The van der Waals surface area contributed by atoms with Gasteiger partial charge in [-0.2, -0.15) is 11.8 Å². The Morgan fingerprint density at radius 1 is 1.50 bits per heavy atom. The zero-order chi connectivity index (χ0) is 10.8. The van der Waals surface area contributed by atoms with E-state index in [1.165, 1.54) is 0 Å². The van der Waals surface area contributed by atoms with Crippen molar-refractivity contribution in [1.29, 1.82) is 0 Å². The van der Waals surface area contributed by atoms with Crippen LogP contribution in [0.5, 0.6) is 0 Å². The summed E-state index contributed by atoms with van der Waals surface area (Å²) in [6, 6.07) is 0. The van der Waals surface area contributed by atoms with Gasteiger partial charge in [0.05, 0.1) is 0 Å². The molecular weight excluding hydrogens is 196 g/mol. The van der Waals surface area contributed by atoms with Crippen LogP contribution >= 0.6 is 11.8 Å². The zero-order valence-electron chi connectivity index (χ0n) is 9.21. The van der Waals surface area contributed by atoms with Crippen LogP contribution in [0.1, 0.15) is 32.6 Å². The normalized spacial score (nSPS) is 12.5. The van der Waals surface area contributed by atoms with E-state index >= 15 is 0 Å². The predicted octanol–water partition coefficient (Wildman–Crippen LogP) is 1.37. The van der Waals surface area contributed by atoms with Crippen LogP contribution in [0.4, 0.5) is 0 Å². The van der Waals surface area contributed by atoms with E-state index in [0.29, 0.717) is 18.2 Å². The standard InChI is InChI=1S/C10H22N2OS/c1-9(14-2)6-8-12-10(13)5-3-4-7-11/h9H,3-8,11H2,1-2H3,(H,12,13). The van der Waals surface area contributed by atoms with Gasteiger partial charge in [0, 0.05) is 18.2 Å². The summed E-state index contributed by atoms with van der Waals surface area (Å²) in [6.07, 6.45) is 5.59. The first-order chi connectivity index (χ1) is 6.70. The second kappa shape index (κ2) is 9.34. The lowest BCUT2D eigenvalue weighted by Gasteiger charge is -2.08. The lowest BCUT2D eigenvalue weighted by molar-refractivity contribution is -0.121. The summed E-state index contributed by atoms with van der Waals surface area (Å²) in [5.74, 6) is 0.159. The molecule has 3 nitrogen and oxygen atoms in total. The minimum atomic E-state index is 0.159. The average molecular weight is 218 g/mol. The van der Waals surface area contributed by atoms with Gasteiger partial charge in [-0.25, -0.2) is 0 Å². The molecule has 3 N–H and O–H groups in total. The Hall–Kier alpha value is -0.220. The van der Waals surface area contributed by atoms with Crippen LogP contribution in [-0.2, 0) is 4.79 Å². The smallest absolute Gasteiger partial charge is 0.219 e. The number of amides is 1. The van der Waals surface area contributed by atoms with Gasteiger partial charge in [0.1, 0.15) is 0 Å². The topological polar surface area (TPSA) is 55.1 Å². The summed E-state index contributed by atoms with van der Waals surface area (Å²) >= 11 is 1.83. The number of nitrogens with two attached hydrogens (primary N) is 1. The summed E-state index contributed by atoms with van der Waals surface area (Å²) < 4.78 is 0. The maximum atomic E-state index is 11.2. The molecule has 0 saturated carbocycles. The molecule has 0 aromatic carbocycles. The van der Waals surface area contributed by atoms with Gasteiger partial charge >= 0.3 is 0 Å². The molecule has 0 spiro atoms. The van der Waals surface area contributed by atoms with Crippen molar-refractivity contribution < 1.29 is 4.79 Å². The van der Waals surface area contributed by atoms with Crippen molar-refractivity contribution >= 4 is 17.7 Å². The van der Waals surface area contributed by atoms with Crippen molar-refractivity contribution in [3.05, 3.63) is 0 Å². The Morgan fingerprint density at radius 2 is 2.21 bits per heavy atom. The number of nitrogens with one attached hydrogen (secondary N) is 1. The molecule has 0 bridgehead atoms. The molecule has 0 aromatic heterocycles. The third-order valence-electron chi connectivity index (χ3n) is 2.13. The second-order valence-electron chi connectivity index (χ2n) is 3.43. The molecule has 1 amide bonds. The third kappa shape index (κ3) is 8.38. The first kappa shape index (κ1) is 13.8. The fourth-order valence-corrected chi connectivity index (χ4v) is 1.40. The fourth-order valence-electron chi connectivity index (χ4n) is 1.05. The Kier molecular flexibility index (Phi) is 9.19. The van der Waals surface area contributed by atoms with Crippen molar-refractivity contribution in [1.82, 2.24) is 5.32 Å². The number of carbonyl (C=O) groups is 1. The quantitative estimate of drug-likeness (QED) is 0.605. The van der Waals surface area contributed by atoms with Crippen LogP contribution in [0.25, 0.3) is 0 Å². The number of hydrogen-bond donors (Lipinski definition) is 2. The maximum Gasteiger partial charge on any atom is 0.219 e. The number of carbonyl (C=O) groups excluding carboxylic acids is 1. The molecule has 4 heteroatoms. The first-order valence-electron chi connectivity index (χ1n) is 5.20. The van der Waals surface area contributed by atoms with Crippen LogP contribution in [0, 0.1) is 0 Å². The SMILES string of the molecule is CSC(C)CCNC(=O)CCCCN. The predicted molar refractivity (Wildman–Crippen MR) is 63.5 cm³/mol. The molecule has 0 rings (SSSR count). The van der Waals surface area contributed by atoms with Crippen molar-refractivity contribution in [3.63, 3.8) is 0 Å². The van der Waals surface area contributed by atoms with Gasteiger partial charge < -0.3 is 11.1 Å². The molecule has 0 aliphatic heterocycles. The number of unbranched alkanes of at least 4 members (excludes halogenated alkanes) is 1. The molecule has 0 heterocycles. The van der Waals surface area contributed by atoms with Crippen LogP contribution in [0.2, 0.25) is 0 Å². The van der Waals surface area contributed by atoms with E-state index < -0.39 is 0 Å². The fraction of sp³-hybridized carbons (Fsp3) is 0.900. The molecule has 0 saturated heterocycles. The molecule has 0 fully saturated rings. The molecule has 1 atom stereocenters. The average Bonchev–Trinajstić information content (AvgIpc) is 2.18. The Balaban J connectivity index is 3.26. The van der Waals surface area contributed by atoms with Gasteiger partial charge in [0.15, 0.2) is 0 Å². The van der Waals surface area contributed by atoms with Crippen LogP contribution in [0.3, 0.4) is 0 Å². The lowest BCUT2D eigenvalue weighted by atomic mass is 10.2.